The van der Waals surface area contributed by atoms with Crippen LogP contribution in [0.1, 0.15) is 5.56 Å². The van der Waals surface area contributed by atoms with Gasteiger partial charge < -0.3 is 9.72 Å². The van der Waals surface area contributed by atoms with E-state index in [9.17, 15) is 4.79 Å². The van der Waals surface area contributed by atoms with Crippen molar-refractivity contribution >= 4 is 38.3 Å². The lowest BCUT2D eigenvalue weighted by atomic mass is 10.1. The molecule has 0 saturated heterocycles. The number of carbonyl (C=O) groups excluding carboxylic acids is 1. The minimum absolute atomic E-state index is 0.224. The van der Waals surface area contributed by atoms with E-state index in [1.807, 2.05) is 6.20 Å². The maximum Gasteiger partial charge on any atom is 0.310 e. The summed E-state index contributed by atoms with van der Waals surface area (Å²) in [6.45, 7) is 0. The van der Waals surface area contributed by atoms with Crippen molar-refractivity contribution in [2.75, 3.05) is 7.11 Å². The number of esters is 1. The summed E-state index contributed by atoms with van der Waals surface area (Å²) in [5, 5.41) is 2.34. The molecule has 4 aromatic rings. The number of H-pyrrole nitrogens is 1. The van der Waals surface area contributed by atoms with E-state index < -0.39 is 0 Å². The topological polar surface area (TPSA) is 42.1 Å². The molecule has 1 N–H and O–H groups in total. The summed E-state index contributed by atoms with van der Waals surface area (Å²) in [6.07, 6.45) is 2.17. The molecule has 0 amide bonds. The molecule has 114 valence electrons. The quantitative estimate of drug-likeness (QED) is 0.553. The number of methoxy groups -OCH3 is 1. The first-order valence-corrected chi connectivity index (χ1v) is 8.22. The Morgan fingerprint density at radius 3 is 2.87 bits per heavy atom. The van der Waals surface area contributed by atoms with Crippen LogP contribution in [0, 0.1) is 0 Å². The lowest BCUT2D eigenvalue weighted by molar-refractivity contribution is -0.139. The number of carbonyl (C=O) groups is 1. The van der Waals surface area contributed by atoms with Crippen molar-refractivity contribution in [2.45, 2.75) is 6.42 Å². The van der Waals surface area contributed by atoms with Crippen molar-refractivity contribution < 1.29 is 9.53 Å². The van der Waals surface area contributed by atoms with Gasteiger partial charge in [0.1, 0.15) is 0 Å². The van der Waals surface area contributed by atoms with E-state index >= 15 is 0 Å². The van der Waals surface area contributed by atoms with E-state index in [-0.39, 0.29) is 12.4 Å². The maximum absolute atomic E-state index is 11.6. The molecular weight excluding hydrogens is 306 g/mol. The van der Waals surface area contributed by atoms with Gasteiger partial charge in [0, 0.05) is 26.7 Å². The summed E-state index contributed by atoms with van der Waals surface area (Å²) >= 11 is 1.78. The third kappa shape index (κ3) is 2.51. The zero-order valence-corrected chi connectivity index (χ0v) is 13.4. The molecule has 2 aromatic carbocycles. The highest BCUT2D eigenvalue weighted by molar-refractivity contribution is 7.22. The normalized spacial score (nSPS) is 11.2. The van der Waals surface area contributed by atoms with Gasteiger partial charge in [0.25, 0.3) is 0 Å². The van der Waals surface area contributed by atoms with Gasteiger partial charge in [0.2, 0.25) is 0 Å². The van der Waals surface area contributed by atoms with Crippen LogP contribution in [-0.4, -0.2) is 18.1 Å². The highest BCUT2D eigenvalue weighted by Gasteiger charge is 2.11. The molecule has 4 heteroatoms. The molecule has 0 aliphatic rings. The molecule has 0 saturated carbocycles. The highest BCUT2D eigenvalue weighted by Crippen LogP contribution is 2.35. The summed E-state index contributed by atoms with van der Waals surface area (Å²) in [5.41, 5.74) is 3.17. The van der Waals surface area contributed by atoms with Gasteiger partial charge >= 0.3 is 5.97 Å². The molecule has 0 radical (unpaired) electrons. The number of fused-ring (bicyclic) bond motifs is 2. The van der Waals surface area contributed by atoms with Crippen molar-refractivity contribution in [3.63, 3.8) is 0 Å². The van der Waals surface area contributed by atoms with Gasteiger partial charge in [-0.3, -0.25) is 4.79 Å². The van der Waals surface area contributed by atoms with Crippen molar-refractivity contribution in [1.29, 1.82) is 0 Å². The Morgan fingerprint density at radius 2 is 2.04 bits per heavy atom. The molecule has 0 bridgehead atoms. The SMILES string of the molecule is COC(=O)Cc1c[nH]c2ccc(-c3cc4ccccc4s3)cc12. The van der Waals surface area contributed by atoms with Crippen LogP contribution < -0.4 is 0 Å². The first kappa shape index (κ1) is 14.0. The average molecular weight is 321 g/mol. The van der Waals surface area contributed by atoms with Crippen molar-refractivity contribution in [3.05, 3.63) is 60.3 Å². The Hall–Kier alpha value is -2.59. The Balaban J connectivity index is 1.81. The minimum atomic E-state index is -0.224. The molecule has 0 spiro atoms. The van der Waals surface area contributed by atoms with Gasteiger partial charge in [-0.1, -0.05) is 24.3 Å². The summed E-state index contributed by atoms with van der Waals surface area (Å²) < 4.78 is 6.06. The highest BCUT2D eigenvalue weighted by atomic mass is 32.1. The number of rotatable bonds is 3. The second-order valence-electron chi connectivity index (χ2n) is 5.48. The number of aromatic amines is 1. The van der Waals surface area contributed by atoms with E-state index in [4.69, 9.17) is 4.74 Å². The Kier molecular flexibility index (Phi) is 3.39. The van der Waals surface area contributed by atoms with Crippen LogP contribution in [0.2, 0.25) is 0 Å². The average Bonchev–Trinajstić information content (AvgIpc) is 3.18. The number of hydrogen-bond donors (Lipinski definition) is 1. The molecule has 0 aliphatic heterocycles. The van der Waals surface area contributed by atoms with E-state index in [2.05, 4.69) is 53.5 Å². The second kappa shape index (κ2) is 5.56. The predicted octanol–water partition coefficient (Wildman–Crippen LogP) is 4.77. The number of benzene rings is 2. The van der Waals surface area contributed by atoms with Crippen molar-refractivity contribution in [1.82, 2.24) is 4.98 Å². The Labute approximate surface area is 137 Å². The zero-order chi connectivity index (χ0) is 15.8. The monoisotopic (exact) mass is 321 g/mol. The molecule has 23 heavy (non-hydrogen) atoms. The van der Waals surface area contributed by atoms with Gasteiger partial charge in [0.05, 0.1) is 13.5 Å². The van der Waals surface area contributed by atoms with Crippen LogP contribution >= 0.6 is 11.3 Å². The molecular formula is C19H15NO2S. The first-order chi connectivity index (χ1) is 11.2. The van der Waals surface area contributed by atoms with E-state index in [1.165, 1.54) is 27.6 Å². The lowest BCUT2D eigenvalue weighted by Gasteiger charge is -2.01. The van der Waals surface area contributed by atoms with Gasteiger partial charge in [-0.25, -0.2) is 0 Å². The van der Waals surface area contributed by atoms with Crippen molar-refractivity contribution in [2.24, 2.45) is 0 Å². The van der Waals surface area contributed by atoms with Crippen LogP contribution in [0.3, 0.4) is 0 Å². The second-order valence-corrected chi connectivity index (χ2v) is 6.56. The van der Waals surface area contributed by atoms with Crippen LogP contribution in [0.15, 0.2) is 54.7 Å². The van der Waals surface area contributed by atoms with E-state index in [1.54, 1.807) is 11.3 Å². The molecule has 4 rings (SSSR count). The molecule has 2 aromatic heterocycles. The van der Waals surface area contributed by atoms with Crippen LogP contribution in [0.4, 0.5) is 0 Å². The fraction of sp³-hybridized carbons (Fsp3) is 0.105. The minimum Gasteiger partial charge on any atom is -0.469 e. The van der Waals surface area contributed by atoms with E-state index in [0.717, 1.165) is 16.5 Å². The van der Waals surface area contributed by atoms with E-state index in [0.29, 0.717) is 0 Å². The molecule has 2 heterocycles. The molecule has 0 fully saturated rings. The summed E-state index contributed by atoms with van der Waals surface area (Å²) in [5.74, 6) is -0.224. The van der Waals surface area contributed by atoms with Gasteiger partial charge in [-0.2, -0.15) is 0 Å². The third-order valence-corrected chi connectivity index (χ3v) is 5.21. The fourth-order valence-electron chi connectivity index (χ4n) is 2.83. The smallest absolute Gasteiger partial charge is 0.310 e. The van der Waals surface area contributed by atoms with Gasteiger partial charge in [-0.15, -0.1) is 11.3 Å². The number of ether oxygens (including phenoxy) is 1. The molecule has 3 nitrogen and oxygen atoms in total. The Bertz CT molecular complexity index is 979. The molecule has 0 atom stereocenters. The van der Waals surface area contributed by atoms with Crippen LogP contribution in [0.5, 0.6) is 0 Å². The summed E-state index contributed by atoms with van der Waals surface area (Å²) in [6, 6.07) is 16.9. The fourth-order valence-corrected chi connectivity index (χ4v) is 3.89. The van der Waals surface area contributed by atoms with Crippen molar-refractivity contribution in [3.8, 4) is 10.4 Å². The van der Waals surface area contributed by atoms with Gasteiger partial charge in [0.15, 0.2) is 0 Å². The number of hydrogen-bond acceptors (Lipinski definition) is 3. The number of aromatic nitrogens is 1. The summed E-state index contributed by atoms with van der Waals surface area (Å²) in [7, 11) is 1.42. The first-order valence-electron chi connectivity index (χ1n) is 7.40. The third-order valence-electron chi connectivity index (χ3n) is 4.04. The largest absolute Gasteiger partial charge is 0.469 e. The molecule has 0 aliphatic carbocycles. The van der Waals surface area contributed by atoms with Crippen LogP contribution in [0.25, 0.3) is 31.4 Å². The van der Waals surface area contributed by atoms with Gasteiger partial charge in [-0.05, 0) is 40.8 Å². The number of thiophene rings is 1. The standard InChI is InChI=1S/C19H15NO2S/c1-22-19(21)10-14-11-20-16-7-6-13(8-15(14)16)18-9-12-4-2-3-5-17(12)23-18/h2-9,11,20H,10H2,1H3. The summed E-state index contributed by atoms with van der Waals surface area (Å²) in [4.78, 5) is 16.0. The number of nitrogens with one attached hydrogen (secondary N) is 1. The zero-order valence-electron chi connectivity index (χ0n) is 12.6. The Morgan fingerprint density at radius 1 is 1.17 bits per heavy atom. The molecule has 0 unspecified atom stereocenters. The lowest BCUT2D eigenvalue weighted by Crippen LogP contribution is -2.03. The maximum atomic E-state index is 11.6. The van der Waals surface area contributed by atoms with Crippen LogP contribution in [-0.2, 0) is 16.0 Å². The predicted molar refractivity (Wildman–Crippen MR) is 94.8 cm³/mol.